The molecule has 0 aliphatic heterocycles. The highest BCUT2D eigenvalue weighted by molar-refractivity contribution is 5.74. The van der Waals surface area contributed by atoms with Crippen LogP contribution in [0, 0.1) is 0 Å². The number of hydrogen-bond donors (Lipinski definition) is 1. The van der Waals surface area contributed by atoms with E-state index in [1.165, 1.54) is 0 Å². The number of carbonyl (C=O) groups excluding carboxylic acids is 1. The van der Waals surface area contributed by atoms with Crippen molar-refractivity contribution < 1.29 is 4.79 Å². The Balaban J connectivity index is 2.76. The minimum absolute atomic E-state index is 0.0475. The van der Waals surface area contributed by atoms with Gasteiger partial charge in [0.1, 0.15) is 6.33 Å². The molecule has 2 amide bonds. The molecule has 106 valence electrons. The number of nitrogens with zero attached hydrogens (tertiary/aromatic N) is 3. The summed E-state index contributed by atoms with van der Waals surface area (Å²) in [5.41, 5.74) is 1.89. The van der Waals surface area contributed by atoms with Crippen LogP contribution in [0.4, 0.5) is 4.79 Å². The van der Waals surface area contributed by atoms with E-state index in [0.29, 0.717) is 19.6 Å². The molecule has 0 radical (unpaired) electrons. The zero-order valence-corrected chi connectivity index (χ0v) is 12.5. The molecular formula is C14H24N4O. The molecule has 0 atom stereocenters. The van der Waals surface area contributed by atoms with Crippen LogP contribution in [0.2, 0.25) is 0 Å². The van der Waals surface area contributed by atoms with Gasteiger partial charge in [-0.05, 0) is 13.8 Å². The molecule has 1 heterocycles. The van der Waals surface area contributed by atoms with Gasteiger partial charge in [-0.15, -0.1) is 0 Å². The van der Waals surface area contributed by atoms with Gasteiger partial charge in [0.2, 0.25) is 0 Å². The highest BCUT2D eigenvalue weighted by atomic mass is 16.2. The van der Waals surface area contributed by atoms with Crippen molar-refractivity contribution >= 4 is 6.03 Å². The standard InChI is InChI=1S/C14H24N4O/c1-6-18(7-2)13(19)16-9-11-8-15-10-17-12(11)14(3,4)5/h8,10H,6-7,9H2,1-5H3,(H,16,19). The first-order valence-corrected chi connectivity index (χ1v) is 6.72. The lowest BCUT2D eigenvalue weighted by atomic mass is 9.89. The van der Waals surface area contributed by atoms with Crippen molar-refractivity contribution in [3.05, 3.63) is 23.8 Å². The Bertz CT molecular complexity index is 422. The van der Waals surface area contributed by atoms with Crippen molar-refractivity contribution in [3.8, 4) is 0 Å². The van der Waals surface area contributed by atoms with E-state index >= 15 is 0 Å². The topological polar surface area (TPSA) is 58.1 Å². The molecule has 0 bridgehead atoms. The summed E-state index contributed by atoms with van der Waals surface area (Å²) in [6, 6.07) is -0.0475. The fourth-order valence-corrected chi connectivity index (χ4v) is 1.96. The lowest BCUT2D eigenvalue weighted by molar-refractivity contribution is 0.202. The molecule has 1 aromatic rings. The monoisotopic (exact) mass is 264 g/mol. The van der Waals surface area contributed by atoms with Gasteiger partial charge >= 0.3 is 6.03 Å². The summed E-state index contributed by atoms with van der Waals surface area (Å²) in [7, 11) is 0. The smallest absolute Gasteiger partial charge is 0.317 e. The molecule has 5 nitrogen and oxygen atoms in total. The summed E-state index contributed by atoms with van der Waals surface area (Å²) < 4.78 is 0. The van der Waals surface area contributed by atoms with E-state index in [9.17, 15) is 4.79 Å². The summed E-state index contributed by atoms with van der Waals surface area (Å²) in [5, 5.41) is 2.92. The fourth-order valence-electron chi connectivity index (χ4n) is 1.96. The molecule has 1 N–H and O–H groups in total. The molecule has 0 aliphatic carbocycles. The van der Waals surface area contributed by atoms with Crippen LogP contribution in [-0.4, -0.2) is 34.0 Å². The van der Waals surface area contributed by atoms with E-state index in [0.717, 1.165) is 11.3 Å². The molecular weight excluding hydrogens is 240 g/mol. The van der Waals surface area contributed by atoms with Crippen molar-refractivity contribution in [1.29, 1.82) is 0 Å². The summed E-state index contributed by atoms with van der Waals surface area (Å²) in [6.07, 6.45) is 3.33. The van der Waals surface area contributed by atoms with E-state index in [1.54, 1.807) is 17.4 Å². The molecule has 0 saturated heterocycles. The van der Waals surface area contributed by atoms with E-state index in [2.05, 4.69) is 36.1 Å². The third-order valence-corrected chi connectivity index (χ3v) is 2.98. The van der Waals surface area contributed by atoms with Crippen LogP contribution in [0.1, 0.15) is 45.9 Å². The van der Waals surface area contributed by atoms with Crippen LogP contribution in [0.25, 0.3) is 0 Å². The van der Waals surface area contributed by atoms with Crippen LogP contribution in [0.5, 0.6) is 0 Å². The zero-order chi connectivity index (χ0) is 14.5. The Labute approximate surface area is 115 Å². The Morgan fingerprint density at radius 2 is 1.95 bits per heavy atom. The number of carbonyl (C=O) groups is 1. The normalized spacial score (nSPS) is 11.2. The van der Waals surface area contributed by atoms with Crippen LogP contribution >= 0.6 is 0 Å². The first-order chi connectivity index (χ1) is 8.90. The van der Waals surface area contributed by atoms with Gasteiger partial charge in [-0.25, -0.2) is 14.8 Å². The van der Waals surface area contributed by atoms with Crippen molar-refractivity contribution in [2.24, 2.45) is 0 Å². The maximum absolute atomic E-state index is 11.9. The number of nitrogens with one attached hydrogen (secondary N) is 1. The summed E-state index contributed by atoms with van der Waals surface area (Å²) in [6.45, 7) is 12.1. The van der Waals surface area contributed by atoms with Gasteiger partial charge in [0.05, 0.1) is 5.69 Å². The zero-order valence-electron chi connectivity index (χ0n) is 12.5. The van der Waals surface area contributed by atoms with Crippen molar-refractivity contribution in [3.63, 3.8) is 0 Å². The van der Waals surface area contributed by atoms with Gasteiger partial charge in [-0.1, -0.05) is 20.8 Å². The minimum atomic E-state index is -0.0573. The summed E-state index contributed by atoms with van der Waals surface area (Å²) in [5.74, 6) is 0. The molecule has 0 spiro atoms. The number of urea groups is 1. The van der Waals surface area contributed by atoms with Gasteiger partial charge in [-0.2, -0.15) is 0 Å². The molecule has 5 heteroatoms. The minimum Gasteiger partial charge on any atom is -0.334 e. The molecule has 19 heavy (non-hydrogen) atoms. The second kappa shape index (κ2) is 6.50. The van der Waals surface area contributed by atoms with E-state index < -0.39 is 0 Å². The highest BCUT2D eigenvalue weighted by Crippen LogP contribution is 2.22. The molecule has 1 aromatic heterocycles. The quantitative estimate of drug-likeness (QED) is 0.908. The number of rotatable bonds is 4. The molecule has 1 rings (SSSR count). The predicted molar refractivity (Wildman–Crippen MR) is 75.9 cm³/mol. The van der Waals surface area contributed by atoms with Crippen molar-refractivity contribution in [2.75, 3.05) is 13.1 Å². The van der Waals surface area contributed by atoms with Crippen LogP contribution in [0.3, 0.4) is 0 Å². The number of aromatic nitrogens is 2. The lowest BCUT2D eigenvalue weighted by Crippen LogP contribution is -2.39. The SMILES string of the molecule is CCN(CC)C(=O)NCc1cncnc1C(C)(C)C. The predicted octanol–water partition coefficient (Wildman–Crippen LogP) is 2.33. The van der Waals surface area contributed by atoms with E-state index in [-0.39, 0.29) is 11.4 Å². The average molecular weight is 264 g/mol. The molecule has 0 aliphatic rings. The van der Waals surface area contributed by atoms with Crippen molar-refractivity contribution in [2.45, 2.75) is 46.6 Å². The summed E-state index contributed by atoms with van der Waals surface area (Å²) >= 11 is 0. The van der Waals surface area contributed by atoms with Crippen LogP contribution in [-0.2, 0) is 12.0 Å². The van der Waals surface area contributed by atoms with Gasteiger partial charge in [0.15, 0.2) is 0 Å². The Morgan fingerprint density at radius 1 is 1.32 bits per heavy atom. The van der Waals surface area contributed by atoms with E-state index in [1.807, 2.05) is 13.8 Å². The maximum Gasteiger partial charge on any atom is 0.317 e. The van der Waals surface area contributed by atoms with Crippen molar-refractivity contribution in [1.82, 2.24) is 20.2 Å². The van der Waals surface area contributed by atoms with Crippen LogP contribution in [0.15, 0.2) is 12.5 Å². The number of amides is 2. The van der Waals surface area contributed by atoms with Gasteiger partial charge in [0, 0.05) is 36.8 Å². The fraction of sp³-hybridized carbons (Fsp3) is 0.643. The maximum atomic E-state index is 11.9. The number of hydrogen-bond acceptors (Lipinski definition) is 3. The Hall–Kier alpha value is -1.65. The summed E-state index contributed by atoms with van der Waals surface area (Å²) in [4.78, 5) is 22.0. The Morgan fingerprint density at radius 3 is 2.47 bits per heavy atom. The van der Waals surface area contributed by atoms with E-state index in [4.69, 9.17) is 0 Å². The second-order valence-corrected chi connectivity index (χ2v) is 5.48. The lowest BCUT2D eigenvalue weighted by Gasteiger charge is -2.23. The van der Waals surface area contributed by atoms with Gasteiger partial charge in [-0.3, -0.25) is 0 Å². The molecule has 0 fully saturated rings. The third kappa shape index (κ3) is 4.19. The first-order valence-electron chi connectivity index (χ1n) is 6.72. The van der Waals surface area contributed by atoms with Gasteiger partial charge in [0.25, 0.3) is 0 Å². The first kappa shape index (κ1) is 15.4. The molecule has 0 unspecified atom stereocenters. The van der Waals surface area contributed by atoms with Crippen LogP contribution < -0.4 is 5.32 Å². The van der Waals surface area contributed by atoms with Gasteiger partial charge < -0.3 is 10.2 Å². The third-order valence-electron chi connectivity index (χ3n) is 2.98. The average Bonchev–Trinajstić information content (AvgIpc) is 2.37. The molecule has 0 aromatic carbocycles. The highest BCUT2D eigenvalue weighted by Gasteiger charge is 2.20. The molecule has 0 saturated carbocycles. The largest absolute Gasteiger partial charge is 0.334 e. The Kier molecular flexibility index (Phi) is 5.27. The second-order valence-electron chi connectivity index (χ2n) is 5.48.